The van der Waals surface area contributed by atoms with Crippen LogP contribution in [0.2, 0.25) is 5.02 Å². The number of methoxy groups -OCH3 is 1. The van der Waals surface area contributed by atoms with Crippen molar-refractivity contribution < 1.29 is 17.9 Å². The number of rotatable bonds is 7. The summed E-state index contributed by atoms with van der Waals surface area (Å²) in [6.45, 7) is 3.24. The summed E-state index contributed by atoms with van der Waals surface area (Å²) in [6.07, 6.45) is 1.30. The van der Waals surface area contributed by atoms with E-state index in [4.69, 9.17) is 16.3 Å². The van der Waals surface area contributed by atoms with E-state index in [-0.39, 0.29) is 35.1 Å². The Labute approximate surface area is 236 Å². The van der Waals surface area contributed by atoms with Gasteiger partial charge in [-0.3, -0.25) is 9.69 Å². The number of hydrogen-bond donors (Lipinski definition) is 0. The summed E-state index contributed by atoms with van der Waals surface area (Å²) in [5.41, 5.74) is 2.46. The van der Waals surface area contributed by atoms with Crippen LogP contribution in [-0.4, -0.2) is 74.8 Å². The van der Waals surface area contributed by atoms with Gasteiger partial charge in [0.25, 0.3) is 0 Å². The third-order valence-corrected chi connectivity index (χ3v) is 9.82. The Morgan fingerprint density at radius 2 is 1.51 bits per heavy atom. The smallest absolute Gasteiger partial charge is 0.246 e. The first-order valence-corrected chi connectivity index (χ1v) is 15.2. The second-order valence-electron chi connectivity index (χ2n) is 10.1. The first-order valence-electron chi connectivity index (χ1n) is 13.3. The van der Waals surface area contributed by atoms with E-state index < -0.39 is 10.0 Å². The molecule has 3 aromatic carbocycles. The molecule has 5 rings (SSSR count). The van der Waals surface area contributed by atoms with Crippen LogP contribution in [0.5, 0.6) is 5.75 Å². The number of carbonyl (C=O) groups is 1. The maximum atomic E-state index is 13.6. The Bertz CT molecular complexity index is 1340. The number of benzene rings is 3. The van der Waals surface area contributed by atoms with Crippen LogP contribution in [-0.2, 0) is 14.8 Å². The van der Waals surface area contributed by atoms with Gasteiger partial charge in [0, 0.05) is 44.3 Å². The molecule has 1 atom stereocenters. The fraction of sp³-hybridized carbons (Fsp3) is 0.367. The third kappa shape index (κ3) is 5.99. The van der Waals surface area contributed by atoms with Gasteiger partial charge in [-0.1, -0.05) is 72.3 Å². The summed E-state index contributed by atoms with van der Waals surface area (Å²) < 4.78 is 33.7. The molecule has 2 aliphatic rings. The highest BCUT2D eigenvalue weighted by Gasteiger charge is 2.37. The number of piperidine rings is 1. The molecule has 0 unspecified atom stereocenters. The minimum atomic E-state index is -3.86. The summed E-state index contributed by atoms with van der Waals surface area (Å²) in [4.78, 5) is 18.0. The Balaban J connectivity index is 1.27. The molecule has 7 nitrogen and oxygen atoms in total. The lowest BCUT2D eigenvalue weighted by Crippen LogP contribution is -2.53. The first kappa shape index (κ1) is 27.6. The molecule has 206 valence electrons. The standard InChI is InChI=1S/C30H34ClN3O4S/c1-38-27-15-14-26(31)21-28(27)39(36,37)34-16-8-13-25(22-34)30(35)33-19-17-32(18-20-33)29(23-9-4-2-5-10-23)24-11-6-3-7-12-24/h2-7,9-12,14-15,21,25,29H,8,13,16-20,22H2,1H3/t25-/m1/s1. The molecule has 9 heteroatoms. The van der Waals surface area contributed by atoms with Crippen LogP contribution >= 0.6 is 11.6 Å². The highest BCUT2D eigenvalue weighted by atomic mass is 35.5. The maximum absolute atomic E-state index is 13.6. The van der Waals surface area contributed by atoms with Crippen molar-refractivity contribution >= 4 is 27.5 Å². The first-order chi connectivity index (χ1) is 18.9. The Kier molecular flexibility index (Phi) is 8.57. The average Bonchev–Trinajstić information content (AvgIpc) is 2.98. The van der Waals surface area contributed by atoms with Gasteiger partial charge < -0.3 is 9.64 Å². The number of ether oxygens (including phenoxy) is 1. The second kappa shape index (κ2) is 12.1. The van der Waals surface area contributed by atoms with Gasteiger partial charge in [0.15, 0.2) is 0 Å². The molecule has 0 aromatic heterocycles. The molecule has 0 N–H and O–H groups in total. The van der Waals surface area contributed by atoms with Crippen LogP contribution in [0.15, 0.2) is 83.8 Å². The van der Waals surface area contributed by atoms with Crippen molar-refractivity contribution in [1.82, 2.24) is 14.1 Å². The molecule has 39 heavy (non-hydrogen) atoms. The molecule has 2 heterocycles. The van der Waals surface area contributed by atoms with Crippen molar-refractivity contribution in [2.24, 2.45) is 5.92 Å². The van der Waals surface area contributed by atoms with Gasteiger partial charge in [-0.05, 0) is 42.2 Å². The summed E-state index contributed by atoms with van der Waals surface area (Å²) in [6, 6.07) is 25.6. The number of hydrogen-bond acceptors (Lipinski definition) is 5. The zero-order valence-corrected chi connectivity index (χ0v) is 23.7. The van der Waals surface area contributed by atoms with Gasteiger partial charge in [0.05, 0.1) is 19.1 Å². The van der Waals surface area contributed by atoms with Crippen LogP contribution in [0.3, 0.4) is 0 Å². The van der Waals surface area contributed by atoms with Gasteiger partial charge in [-0.2, -0.15) is 4.31 Å². The van der Waals surface area contributed by atoms with Gasteiger partial charge in [0.2, 0.25) is 15.9 Å². The van der Waals surface area contributed by atoms with E-state index in [0.717, 1.165) is 13.1 Å². The highest BCUT2D eigenvalue weighted by Crippen LogP contribution is 2.33. The second-order valence-corrected chi connectivity index (χ2v) is 12.4. The molecular formula is C30H34ClN3O4S. The molecule has 0 bridgehead atoms. The number of halogens is 1. The van der Waals surface area contributed by atoms with Crippen molar-refractivity contribution in [1.29, 1.82) is 0 Å². The van der Waals surface area contributed by atoms with E-state index in [0.29, 0.717) is 37.5 Å². The lowest BCUT2D eigenvalue weighted by molar-refractivity contribution is -0.138. The minimum Gasteiger partial charge on any atom is -0.495 e. The molecule has 0 radical (unpaired) electrons. The molecule has 3 aromatic rings. The van der Waals surface area contributed by atoms with Crippen molar-refractivity contribution in [3.05, 3.63) is 95.0 Å². The SMILES string of the molecule is COc1ccc(Cl)cc1S(=O)(=O)N1CCC[C@@H](C(=O)N2CCN(C(c3ccccc3)c3ccccc3)CC2)C1. The zero-order chi connectivity index (χ0) is 27.4. The lowest BCUT2D eigenvalue weighted by atomic mass is 9.95. The van der Waals surface area contributed by atoms with Crippen LogP contribution < -0.4 is 4.74 Å². The van der Waals surface area contributed by atoms with Gasteiger partial charge in [-0.15, -0.1) is 0 Å². The quantitative estimate of drug-likeness (QED) is 0.414. The molecule has 2 fully saturated rings. The number of amides is 1. The van der Waals surface area contributed by atoms with E-state index in [9.17, 15) is 13.2 Å². The molecule has 1 amide bonds. The topological polar surface area (TPSA) is 70.2 Å². The largest absolute Gasteiger partial charge is 0.495 e. The van der Waals surface area contributed by atoms with E-state index >= 15 is 0 Å². The fourth-order valence-corrected chi connectivity index (χ4v) is 7.64. The summed E-state index contributed by atoms with van der Waals surface area (Å²) in [7, 11) is -2.43. The molecule has 0 aliphatic carbocycles. The number of piperazine rings is 1. The fourth-order valence-electron chi connectivity index (χ4n) is 5.70. The summed E-state index contributed by atoms with van der Waals surface area (Å²) in [5, 5.41) is 0.321. The predicted molar refractivity (Wildman–Crippen MR) is 152 cm³/mol. The van der Waals surface area contributed by atoms with Gasteiger partial charge >= 0.3 is 0 Å². The van der Waals surface area contributed by atoms with E-state index in [1.807, 2.05) is 17.0 Å². The minimum absolute atomic E-state index is 0.0311. The van der Waals surface area contributed by atoms with E-state index in [2.05, 4.69) is 53.4 Å². The lowest BCUT2D eigenvalue weighted by Gasteiger charge is -2.41. The number of sulfonamides is 1. The van der Waals surface area contributed by atoms with Gasteiger partial charge in [0.1, 0.15) is 10.6 Å². The number of carbonyl (C=O) groups excluding carboxylic acids is 1. The van der Waals surface area contributed by atoms with Crippen LogP contribution in [0.4, 0.5) is 0 Å². The molecule has 2 saturated heterocycles. The van der Waals surface area contributed by atoms with Crippen LogP contribution in [0.25, 0.3) is 0 Å². The molecule has 2 aliphatic heterocycles. The maximum Gasteiger partial charge on any atom is 0.246 e. The molecular weight excluding hydrogens is 534 g/mol. The predicted octanol–water partition coefficient (Wildman–Crippen LogP) is 4.68. The van der Waals surface area contributed by atoms with Crippen molar-refractivity contribution in [2.45, 2.75) is 23.8 Å². The van der Waals surface area contributed by atoms with E-state index in [1.54, 1.807) is 12.1 Å². The van der Waals surface area contributed by atoms with E-state index in [1.165, 1.54) is 28.6 Å². The number of nitrogens with zero attached hydrogens (tertiary/aromatic N) is 3. The molecule has 0 spiro atoms. The van der Waals surface area contributed by atoms with Crippen molar-refractivity contribution in [3.63, 3.8) is 0 Å². The Hall–Kier alpha value is -2.91. The average molecular weight is 568 g/mol. The highest BCUT2D eigenvalue weighted by molar-refractivity contribution is 7.89. The monoisotopic (exact) mass is 567 g/mol. The normalized spacial score (nSPS) is 19.3. The zero-order valence-electron chi connectivity index (χ0n) is 22.1. The van der Waals surface area contributed by atoms with Gasteiger partial charge in [-0.25, -0.2) is 8.42 Å². The Morgan fingerprint density at radius 1 is 0.897 bits per heavy atom. The summed E-state index contributed by atoms with van der Waals surface area (Å²) in [5.74, 6) is -0.0942. The van der Waals surface area contributed by atoms with Crippen LogP contribution in [0, 0.1) is 5.92 Å². The van der Waals surface area contributed by atoms with Crippen LogP contribution in [0.1, 0.15) is 30.0 Å². The van der Waals surface area contributed by atoms with Crippen molar-refractivity contribution in [2.75, 3.05) is 46.4 Å². The third-order valence-electron chi connectivity index (χ3n) is 7.70. The Morgan fingerprint density at radius 3 is 2.10 bits per heavy atom. The van der Waals surface area contributed by atoms with Crippen molar-refractivity contribution in [3.8, 4) is 5.75 Å². The molecule has 0 saturated carbocycles. The summed E-state index contributed by atoms with van der Waals surface area (Å²) >= 11 is 6.11.